The second kappa shape index (κ2) is 8.50. The molecule has 7 nitrogen and oxygen atoms in total. The largest absolute Gasteiger partial charge is 0.493 e. The second-order valence-corrected chi connectivity index (χ2v) is 8.90. The molecule has 0 spiro atoms. The van der Waals surface area contributed by atoms with Gasteiger partial charge in [-0.15, -0.1) is 0 Å². The number of rotatable bonds is 6. The molecule has 0 aliphatic heterocycles. The molecular formula is C24H27FN4O3. The number of nitrogens with one attached hydrogen (secondary N) is 2. The molecule has 1 amide bonds. The maximum Gasteiger partial charge on any atom is 0.255 e. The van der Waals surface area contributed by atoms with Crippen molar-refractivity contribution in [3.8, 4) is 17.0 Å². The van der Waals surface area contributed by atoms with Gasteiger partial charge < -0.3 is 20.1 Å². The van der Waals surface area contributed by atoms with E-state index in [1.54, 1.807) is 13.0 Å². The van der Waals surface area contributed by atoms with E-state index < -0.39 is 11.9 Å². The average Bonchev–Trinajstić information content (AvgIpc) is 3.54. The number of aromatic nitrogens is 3. The van der Waals surface area contributed by atoms with Gasteiger partial charge in [0.15, 0.2) is 0 Å². The van der Waals surface area contributed by atoms with Gasteiger partial charge in [-0.1, -0.05) is 12.8 Å². The molecule has 2 fully saturated rings. The molecule has 2 aliphatic carbocycles. The monoisotopic (exact) mass is 438 g/mol. The molecule has 2 atom stereocenters. The van der Waals surface area contributed by atoms with Crippen molar-refractivity contribution in [2.24, 2.45) is 5.92 Å². The summed E-state index contributed by atoms with van der Waals surface area (Å²) in [5, 5.41) is 13.2. The summed E-state index contributed by atoms with van der Waals surface area (Å²) in [7, 11) is 0. The molecule has 168 valence electrons. The van der Waals surface area contributed by atoms with Gasteiger partial charge in [0.25, 0.3) is 5.91 Å². The third kappa shape index (κ3) is 4.07. The number of amides is 1. The van der Waals surface area contributed by atoms with Gasteiger partial charge in [-0.3, -0.25) is 4.79 Å². The van der Waals surface area contributed by atoms with Gasteiger partial charge >= 0.3 is 0 Å². The van der Waals surface area contributed by atoms with E-state index in [0.29, 0.717) is 58.2 Å². The standard InChI is InChI=1S/C24H27FN4O3/c1-13-20(24(31)29-17-4-2-3-5-18(17)30)22-23(28-13)21(26-12-27-22)16-10-15(25)8-9-19(16)32-11-14-6-7-14/h8-10,12,14,17-18,28,30H,2-7,11H2,1H3,(H,29,31)/t17-,18+/m0/s1. The predicted octanol–water partition coefficient (Wildman–Crippen LogP) is 3.89. The number of fused-ring (bicyclic) bond motifs is 1. The summed E-state index contributed by atoms with van der Waals surface area (Å²) < 4.78 is 20.1. The lowest BCUT2D eigenvalue weighted by atomic mass is 9.92. The first kappa shape index (κ1) is 20.9. The lowest BCUT2D eigenvalue weighted by Gasteiger charge is -2.28. The van der Waals surface area contributed by atoms with E-state index in [9.17, 15) is 14.3 Å². The summed E-state index contributed by atoms with van der Waals surface area (Å²) in [5.74, 6) is 0.435. The molecule has 0 radical (unpaired) electrons. The number of aliphatic hydroxyl groups is 1. The third-order valence-corrected chi connectivity index (χ3v) is 6.41. The zero-order valence-corrected chi connectivity index (χ0v) is 18.0. The summed E-state index contributed by atoms with van der Waals surface area (Å²) in [6.07, 6.45) is 6.53. The van der Waals surface area contributed by atoms with Gasteiger partial charge in [0.05, 0.1) is 29.8 Å². The number of carbonyl (C=O) groups excluding carboxylic acids is 1. The third-order valence-electron chi connectivity index (χ3n) is 6.41. The highest BCUT2D eigenvalue weighted by molar-refractivity contribution is 6.09. The van der Waals surface area contributed by atoms with Crippen LogP contribution in [0.1, 0.15) is 54.6 Å². The molecule has 1 aromatic carbocycles. The SMILES string of the molecule is Cc1[nH]c2c(-c3cc(F)ccc3OCC3CC3)ncnc2c1C(=O)N[C@H]1CCCC[C@H]1O. The molecule has 2 aliphatic rings. The summed E-state index contributed by atoms with van der Waals surface area (Å²) in [5.41, 5.74) is 3.09. The van der Waals surface area contributed by atoms with Crippen LogP contribution in [0.15, 0.2) is 24.5 Å². The number of carbonyl (C=O) groups is 1. The van der Waals surface area contributed by atoms with Crippen LogP contribution >= 0.6 is 0 Å². The van der Waals surface area contributed by atoms with Gasteiger partial charge in [0.2, 0.25) is 0 Å². The summed E-state index contributed by atoms with van der Waals surface area (Å²) in [6.45, 7) is 2.39. The van der Waals surface area contributed by atoms with Crippen LogP contribution in [0.5, 0.6) is 5.75 Å². The highest BCUT2D eigenvalue weighted by Gasteiger charge is 2.28. The fourth-order valence-corrected chi connectivity index (χ4v) is 4.43. The molecule has 0 unspecified atom stereocenters. The van der Waals surface area contributed by atoms with Crippen molar-refractivity contribution in [3.05, 3.63) is 41.6 Å². The van der Waals surface area contributed by atoms with Crippen LogP contribution < -0.4 is 10.1 Å². The van der Waals surface area contributed by atoms with Gasteiger partial charge in [-0.25, -0.2) is 14.4 Å². The van der Waals surface area contributed by atoms with Gasteiger partial charge in [0.1, 0.15) is 29.1 Å². The van der Waals surface area contributed by atoms with Gasteiger partial charge in [0, 0.05) is 11.3 Å². The Bertz CT molecular complexity index is 1160. The van der Waals surface area contributed by atoms with Crippen molar-refractivity contribution in [2.75, 3.05) is 6.61 Å². The number of hydrogen-bond donors (Lipinski definition) is 3. The molecule has 2 saturated carbocycles. The van der Waals surface area contributed by atoms with E-state index >= 15 is 0 Å². The van der Waals surface area contributed by atoms with Gasteiger partial charge in [-0.2, -0.15) is 0 Å². The van der Waals surface area contributed by atoms with Crippen molar-refractivity contribution in [1.82, 2.24) is 20.3 Å². The van der Waals surface area contributed by atoms with Crippen LogP contribution in [-0.4, -0.2) is 44.7 Å². The highest BCUT2D eigenvalue weighted by atomic mass is 19.1. The number of ether oxygens (including phenoxy) is 1. The molecule has 3 N–H and O–H groups in total. The number of aliphatic hydroxyl groups excluding tert-OH is 1. The Balaban J connectivity index is 1.51. The van der Waals surface area contributed by atoms with Crippen molar-refractivity contribution in [2.45, 2.75) is 57.6 Å². The highest BCUT2D eigenvalue weighted by Crippen LogP contribution is 2.36. The second-order valence-electron chi connectivity index (χ2n) is 8.90. The fraction of sp³-hybridized carbons (Fsp3) is 0.458. The first-order valence-electron chi connectivity index (χ1n) is 11.3. The molecule has 0 saturated heterocycles. The van der Waals surface area contributed by atoms with Gasteiger partial charge in [-0.05, 0) is 56.7 Å². The Morgan fingerprint density at radius 3 is 2.84 bits per heavy atom. The zero-order chi connectivity index (χ0) is 22.2. The predicted molar refractivity (Wildman–Crippen MR) is 118 cm³/mol. The molecule has 2 aromatic heterocycles. The number of hydrogen-bond acceptors (Lipinski definition) is 5. The average molecular weight is 439 g/mol. The number of aryl methyl sites for hydroxylation is 1. The molecule has 32 heavy (non-hydrogen) atoms. The van der Waals surface area contributed by atoms with E-state index in [4.69, 9.17) is 4.74 Å². The molecule has 2 heterocycles. The molecule has 3 aromatic rings. The number of H-pyrrole nitrogens is 1. The number of nitrogens with zero attached hydrogens (tertiary/aromatic N) is 2. The summed E-state index contributed by atoms with van der Waals surface area (Å²) >= 11 is 0. The zero-order valence-electron chi connectivity index (χ0n) is 18.0. The van der Waals surface area contributed by atoms with E-state index in [1.165, 1.54) is 18.5 Å². The number of halogens is 1. The van der Waals surface area contributed by atoms with E-state index in [1.807, 2.05) is 0 Å². The number of benzene rings is 1. The Labute approximate surface area is 185 Å². The first-order chi connectivity index (χ1) is 15.5. The summed E-state index contributed by atoms with van der Waals surface area (Å²) in [6, 6.07) is 4.12. The minimum absolute atomic E-state index is 0.271. The van der Waals surface area contributed by atoms with Crippen LogP contribution in [0.4, 0.5) is 4.39 Å². The molecular weight excluding hydrogens is 411 g/mol. The smallest absolute Gasteiger partial charge is 0.255 e. The van der Waals surface area contributed by atoms with E-state index in [0.717, 1.165) is 32.1 Å². The van der Waals surface area contributed by atoms with Crippen molar-refractivity contribution < 1.29 is 19.0 Å². The normalized spacial score (nSPS) is 21.0. The number of aromatic amines is 1. The topological polar surface area (TPSA) is 100 Å². The van der Waals surface area contributed by atoms with Crippen LogP contribution in [0.25, 0.3) is 22.3 Å². The van der Waals surface area contributed by atoms with E-state index in [2.05, 4.69) is 20.3 Å². The summed E-state index contributed by atoms with van der Waals surface area (Å²) in [4.78, 5) is 25.1. The Morgan fingerprint density at radius 1 is 1.25 bits per heavy atom. The van der Waals surface area contributed by atoms with Crippen LogP contribution in [0, 0.1) is 18.7 Å². The van der Waals surface area contributed by atoms with Crippen molar-refractivity contribution in [3.63, 3.8) is 0 Å². The minimum atomic E-state index is -0.540. The molecule has 5 rings (SSSR count). The minimum Gasteiger partial charge on any atom is -0.493 e. The van der Waals surface area contributed by atoms with Crippen molar-refractivity contribution >= 4 is 16.9 Å². The maximum atomic E-state index is 14.2. The Morgan fingerprint density at radius 2 is 2.06 bits per heavy atom. The first-order valence-corrected chi connectivity index (χ1v) is 11.3. The lowest BCUT2D eigenvalue weighted by Crippen LogP contribution is -2.45. The van der Waals surface area contributed by atoms with Crippen molar-refractivity contribution in [1.29, 1.82) is 0 Å². The maximum absolute atomic E-state index is 14.2. The quantitative estimate of drug-likeness (QED) is 0.542. The lowest BCUT2D eigenvalue weighted by molar-refractivity contribution is 0.0718. The van der Waals surface area contributed by atoms with Crippen LogP contribution in [0.2, 0.25) is 0 Å². The van der Waals surface area contributed by atoms with Crippen LogP contribution in [-0.2, 0) is 0 Å². The molecule has 8 heteroatoms. The molecule has 0 bridgehead atoms. The Kier molecular flexibility index (Phi) is 5.55. The van der Waals surface area contributed by atoms with Crippen LogP contribution in [0.3, 0.4) is 0 Å². The Hall–Kier alpha value is -3.00. The van der Waals surface area contributed by atoms with E-state index in [-0.39, 0.29) is 11.9 Å². The fourth-order valence-electron chi connectivity index (χ4n) is 4.43.